The fourth-order valence-electron chi connectivity index (χ4n) is 2.13. The van der Waals surface area contributed by atoms with Crippen molar-refractivity contribution >= 4 is 63.6 Å². The van der Waals surface area contributed by atoms with Crippen molar-refractivity contribution in [1.82, 2.24) is 14.9 Å². The first-order chi connectivity index (χ1) is 12.0. The van der Waals surface area contributed by atoms with Gasteiger partial charge in [0.15, 0.2) is 5.82 Å². The Kier molecular flexibility index (Phi) is 5.74. The predicted molar refractivity (Wildman–Crippen MR) is 116 cm³/mol. The summed E-state index contributed by atoms with van der Waals surface area (Å²) in [5.41, 5.74) is 1.45. The summed E-state index contributed by atoms with van der Waals surface area (Å²) in [6.07, 6.45) is 1.57. The summed E-state index contributed by atoms with van der Waals surface area (Å²) in [6, 6.07) is 11.2. The van der Waals surface area contributed by atoms with Gasteiger partial charge < -0.3 is 9.84 Å². The normalized spacial score (nSPS) is 11.2. The van der Waals surface area contributed by atoms with Crippen molar-refractivity contribution in [2.24, 2.45) is 5.10 Å². The van der Waals surface area contributed by atoms with E-state index in [4.69, 9.17) is 17.0 Å². The number of aromatic amines is 1. The average Bonchev–Trinajstić information content (AvgIpc) is 2.97. The molecular formula is C16H12I2N4O2S. The lowest BCUT2D eigenvalue weighted by atomic mass is 10.2. The van der Waals surface area contributed by atoms with Crippen LogP contribution >= 0.6 is 57.4 Å². The maximum absolute atomic E-state index is 10.2. The number of phenols is 1. The Labute approximate surface area is 176 Å². The van der Waals surface area contributed by atoms with Gasteiger partial charge in [-0.2, -0.15) is 14.9 Å². The number of benzene rings is 2. The van der Waals surface area contributed by atoms with Gasteiger partial charge in [-0.15, -0.1) is 0 Å². The van der Waals surface area contributed by atoms with Crippen molar-refractivity contribution in [2.75, 3.05) is 7.11 Å². The Morgan fingerprint density at radius 2 is 2.00 bits per heavy atom. The average molecular weight is 578 g/mol. The highest BCUT2D eigenvalue weighted by molar-refractivity contribution is 14.1. The van der Waals surface area contributed by atoms with Crippen molar-refractivity contribution in [3.05, 3.63) is 53.9 Å². The molecule has 0 saturated heterocycles. The van der Waals surface area contributed by atoms with Gasteiger partial charge in [-0.1, -0.05) is 0 Å². The van der Waals surface area contributed by atoms with E-state index in [1.54, 1.807) is 13.3 Å². The number of methoxy groups -OCH3 is 1. The quantitative estimate of drug-likeness (QED) is 0.274. The summed E-state index contributed by atoms with van der Waals surface area (Å²) in [6.45, 7) is 0. The summed E-state index contributed by atoms with van der Waals surface area (Å²) >= 11 is 9.54. The highest BCUT2D eigenvalue weighted by atomic mass is 127. The second kappa shape index (κ2) is 7.83. The van der Waals surface area contributed by atoms with Crippen LogP contribution < -0.4 is 4.74 Å². The molecule has 0 saturated carbocycles. The maximum atomic E-state index is 10.2. The van der Waals surface area contributed by atoms with Gasteiger partial charge in [0.05, 0.1) is 16.9 Å². The lowest BCUT2D eigenvalue weighted by molar-refractivity contribution is 0.415. The molecule has 0 bridgehead atoms. The van der Waals surface area contributed by atoms with Crippen molar-refractivity contribution in [1.29, 1.82) is 0 Å². The Morgan fingerprint density at radius 3 is 2.68 bits per heavy atom. The number of aromatic hydroxyl groups is 1. The number of H-pyrrole nitrogens is 1. The minimum atomic E-state index is 0.186. The van der Waals surface area contributed by atoms with Gasteiger partial charge in [0.2, 0.25) is 4.77 Å². The van der Waals surface area contributed by atoms with Crippen LogP contribution in [0.4, 0.5) is 0 Å². The number of phenolic OH excluding ortho intramolecular Hbond substituents is 1. The Bertz CT molecular complexity index is 996. The van der Waals surface area contributed by atoms with Crippen LogP contribution in [0.3, 0.4) is 0 Å². The van der Waals surface area contributed by atoms with Crippen LogP contribution in [-0.4, -0.2) is 33.3 Å². The zero-order valence-corrected chi connectivity index (χ0v) is 18.0. The number of hydrogen-bond donors (Lipinski definition) is 2. The summed E-state index contributed by atoms with van der Waals surface area (Å²) in [5, 5.41) is 21.6. The minimum Gasteiger partial charge on any atom is -0.506 e. The Balaban J connectivity index is 2.01. The molecule has 9 heteroatoms. The predicted octanol–water partition coefficient (Wildman–Crippen LogP) is 4.41. The molecule has 1 heterocycles. The molecule has 2 N–H and O–H groups in total. The third-order valence-electron chi connectivity index (χ3n) is 3.37. The van der Waals surface area contributed by atoms with Crippen molar-refractivity contribution < 1.29 is 9.84 Å². The van der Waals surface area contributed by atoms with Gasteiger partial charge in [-0.3, -0.25) is 0 Å². The highest BCUT2D eigenvalue weighted by Crippen LogP contribution is 2.26. The maximum Gasteiger partial charge on any atom is 0.216 e. The van der Waals surface area contributed by atoms with E-state index in [-0.39, 0.29) is 5.75 Å². The van der Waals surface area contributed by atoms with E-state index in [1.165, 1.54) is 4.68 Å². The standard InChI is InChI=1S/C16H12I2N4O2S/c1-24-12-4-2-9(3-5-12)15-20-21-16(25)22(15)19-8-10-6-11(17)7-13(18)14(10)23/h2-8,23H,1H3,(H,21,25). The summed E-state index contributed by atoms with van der Waals surface area (Å²) < 4.78 is 8.82. The number of nitrogens with one attached hydrogen (secondary N) is 1. The molecule has 0 aliphatic carbocycles. The summed E-state index contributed by atoms with van der Waals surface area (Å²) in [5.74, 6) is 1.51. The number of hydrogen-bond acceptors (Lipinski definition) is 5. The van der Waals surface area contributed by atoms with Crippen LogP contribution in [0.25, 0.3) is 11.4 Å². The van der Waals surface area contributed by atoms with E-state index in [0.717, 1.165) is 18.5 Å². The molecule has 0 atom stereocenters. The third-order valence-corrected chi connectivity index (χ3v) is 5.08. The van der Waals surface area contributed by atoms with Crippen LogP contribution in [0, 0.1) is 11.9 Å². The van der Waals surface area contributed by atoms with Crippen molar-refractivity contribution in [3.8, 4) is 22.9 Å². The lowest BCUT2D eigenvalue weighted by Gasteiger charge is -2.04. The highest BCUT2D eigenvalue weighted by Gasteiger charge is 2.09. The molecule has 2 aromatic carbocycles. The summed E-state index contributed by atoms with van der Waals surface area (Å²) in [7, 11) is 1.62. The van der Waals surface area contributed by atoms with Crippen molar-refractivity contribution in [2.45, 2.75) is 0 Å². The van der Waals surface area contributed by atoms with Crippen LogP contribution in [0.5, 0.6) is 11.5 Å². The molecule has 0 unspecified atom stereocenters. The zero-order chi connectivity index (χ0) is 18.0. The molecule has 128 valence electrons. The monoisotopic (exact) mass is 578 g/mol. The molecule has 0 radical (unpaired) electrons. The van der Waals surface area contributed by atoms with E-state index < -0.39 is 0 Å². The van der Waals surface area contributed by atoms with E-state index in [9.17, 15) is 5.11 Å². The van der Waals surface area contributed by atoms with Crippen LogP contribution in [-0.2, 0) is 0 Å². The SMILES string of the molecule is COc1ccc(-c2n[nH]c(=S)n2N=Cc2cc(I)cc(I)c2O)cc1. The van der Waals surface area contributed by atoms with E-state index >= 15 is 0 Å². The fraction of sp³-hybridized carbons (Fsp3) is 0.0625. The summed E-state index contributed by atoms with van der Waals surface area (Å²) in [4.78, 5) is 0. The van der Waals surface area contributed by atoms with E-state index in [2.05, 4.69) is 60.5 Å². The van der Waals surface area contributed by atoms with E-state index in [0.29, 0.717) is 16.2 Å². The largest absolute Gasteiger partial charge is 0.506 e. The van der Waals surface area contributed by atoms with Gasteiger partial charge in [-0.05, 0) is 93.8 Å². The first-order valence-corrected chi connectivity index (χ1v) is 9.60. The second-order valence-corrected chi connectivity index (χ2v) is 7.76. The molecule has 0 fully saturated rings. The van der Waals surface area contributed by atoms with Gasteiger partial charge in [0.1, 0.15) is 11.5 Å². The molecule has 0 amide bonds. The number of ether oxygens (including phenoxy) is 1. The molecule has 6 nitrogen and oxygen atoms in total. The Hall–Kier alpha value is -1.47. The van der Waals surface area contributed by atoms with Gasteiger partial charge in [0, 0.05) is 14.7 Å². The Morgan fingerprint density at radius 1 is 1.28 bits per heavy atom. The lowest BCUT2D eigenvalue weighted by Crippen LogP contribution is -1.96. The van der Waals surface area contributed by atoms with Crippen molar-refractivity contribution in [3.63, 3.8) is 0 Å². The number of rotatable bonds is 4. The molecule has 0 aliphatic heterocycles. The zero-order valence-electron chi connectivity index (χ0n) is 12.9. The second-order valence-electron chi connectivity index (χ2n) is 4.96. The fourth-order valence-corrected chi connectivity index (χ4v) is 4.20. The number of nitrogens with zero attached hydrogens (tertiary/aromatic N) is 3. The molecule has 3 aromatic rings. The van der Waals surface area contributed by atoms with Crippen LogP contribution in [0.1, 0.15) is 5.56 Å². The van der Waals surface area contributed by atoms with E-state index in [1.807, 2.05) is 36.4 Å². The van der Waals surface area contributed by atoms with Gasteiger partial charge >= 0.3 is 0 Å². The number of aromatic nitrogens is 3. The smallest absolute Gasteiger partial charge is 0.216 e. The van der Waals surface area contributed by atoms with Crippen LogP contribution in [0.2, 0.25) is 0 Å². The van der Waals surface area contributed by atoms with Crippen LogP contribution in [0.15, 0.2) is 41.5 Å². The molecular weight excluding hydrogens is 566 g/mol. The molecule has 3 rings (SSSR count). The first kappa shape index (κ1) is 18.3. The van der Waals surface area contributed by atoms with Gasteiger partial charge in [-0.25, -0.2) is 5.10 Å². The molecule has 25 heavy (non-hydrogen) atoms. The first-order valence-electron chi connectivity index (χ1n) is 7.04. The molecule has 1 aromatic heterocycles. The topological polar surface area (TPSA) is 75.4 Å². The third kappa shape index (κ3) is 4.03. The van der Waals surface area contributed by atoms with Gasteiger partial charge in [0.25, 0.3) is 0 Å². The molecule has 0 aliphatic rings. The molecule has 0 spiro atoms. The minimum absolute atomic E-state index is 0.186. The number of halogens is 2.